The summed E-state index contributed by atoms with van der Waals surface area (Å²) in [5.74, 6) is -0.546. The van der Waals surface area contributed by atoms with E-state index < -0.39 is 5.97 Å². The van der Waals surface area contributed by atoms with Crippen LogP contribution in [0.5, 0.6) is 0 Å². The second-order valence-electron chi connectivity index (χ2n) is 9.71. The second-order valence-corrected chi connectivity index (χ2v) is 9.71. The summed E-state index contributed by atoms with van der Waals surface area (Å²) in [7, 11) is 0. The molecule has 0 aliphatic rings. The fourth-order valence-corrected chi connectivity index (χ4v) is 3.41. The third-order valence-electron chi connectivity index (χ3n) is 5.44. The van der Waals surface area contributed by atoms with Gasteiger partial charge in [0.15, 0.2) is 0 Å². The van der Waals surface area contributed by atoms with E-state index in [2.05, 4.69) is 16.3 Å². The molecule has 40 heavy (non-hydrogen) atoms. The molecule has 0 N–H and O–H groups in total. The smallest absolute Gasteiger partial charge is 0.330 e. The summed E-state index contributed by atoms with van der Waals surface area (Å²) in [5, 5.41) is 8.40. The van der Waals surface area contributed by atoms with Gasteiger partial charge in [0.1, 0.15) is 19.8 Å². The largest absolute Gasteiger partial charge is 0.463 e. The topological polar surface area (TPSA) is 152 Å². The minimum atomic E-state index is -0.471. The highest BCUT2D eigenvalue weighted by molar-refractivity contribution is 5.81. The molecule has 0 aromatic heterocycles. The minimum absolute atomic E-state index is 0.178. The highest BCUT2D eigenvalue weighted by Crippen LogP contribution is 2.17. The predicted molar refractivity (Wildman–Crippen MR) is 145 cm³/mol. The highest BCUT2D eigenvalue weighted by Gasteiger charge is 2.18. The molecule has 228 valence electrons. The van der Waals surface area contributed by atoms with Gasteiger partial charge in [-0.1, -0.05) is 26.8 Å². The van der Waals surface area contributed by atoms with Crippen molar-refractivity contribution in [1.29, 1.82) is 5.26 Å². The number of aliphatic imine (C=N–C) groups is 1. The third-order valence-corrected chi connectivity index (χ3v) is 5.44. The van der Waals surface area contributed by atoms with Crippen LogP contribution in [0, 0.1) is 22.9 Å². The summed E-state index contributed by atoms with van der Waals surface area (Å²) in [5.41, 5.74) is -0.178. The first-order valence-corrected chi connectivity index (χ1v) is 13.6. The number of carbonyl (C=O) groups excluding carboxylic acids is 3. The molecule has 0 bridgehead atoms. The summed E-state index contributed by atoms with van der Waals surface area (Å²) in [6.45, 7) is 11.7. The fourth-order valence-electron chi connectivity index (χ4n) is 3.41. The van der Waals surface area contributed by atoms with E-state index in [1.807, 2.05) is 13.8 Å². The standard InChI is InChI=1S/C28H46N2O10/c1-4-26(32)39-18-16-34-12-14-36-21-28(2,3)22-37-15-13-35-17-19-40-27(33)10-6-5-8-25(20-30-24-31)9-7-11-38-23-29/h4,25H,1,5-22H2,2-3H3. The first-order valence-electron chi connectivity index (χ1n) is 13.6. The maximum absolute atomic E-state index is 11.9. The number of isocyanates is 1. The van der Waals surface area contributed by atoms with E-state index in [4.69, 9.17) is 33.7 Å². The van der Waals surface area contributed by atoms with Crippen molar-refractivity contribution in [3.05, 3.63) is 12.7 Å². The van der Waals surface area contributed by atoms with E-state index in [9.17, 15) is 14.4 Å². The third kappa shape index (κ3) is 25.5. The molecule has 12 nitrogen and oxygen atoms in total. The molecule has 0 aliphatic carbocycles. The van der Waals surface area contributed by atoms with Crippen molar-refractivity contribution >= 4 is 18.0 Å². The number of esters is 2. The molecule has 0 aliphatic heterocycles. The molecule has 0 saturated carbocycles. The first kappa shape index (κ1) is 37.2. The minimum Gasteiger partial charge on any atom is -0.463 e. The predicted octanol–water partition coefficient (Wildman–Crippen LogP) is 3.14. The fraction of sp³-hybridized carbons (Fsp3) is 0.786. The maximum atomic E-state index is 11.9. The molecular formula is C28H46N2O10. The molecule has 0 aromatic rings. The van der Waals surface area contributed by atoms with Crippen LogP contribution >= 0.6 is 0 Å². The van der Waals surface area contributed by atoms with Crippen molar-refractivity contribution in [1.82, 2.24) is 0 Å². The number of unbranched alkanes of at least 4 members (excludes halogenated alkanes) is 1. The lowest BCUT2D eigenvalue weighted by Crippen LogP contribution is -2.27. The number of nitriles is 1. The van der Waals surface area contributed by atoms with Crippen molar-refractivity contribution < 1.29 is 47.5 Å². The van der Waals surface area contributed by atoms with E-state index >= 15 is 0 Å². The van der Waals surface area contributed by atoms with Crippen LogP contribution in [0.2, 0.25) is 0 Å². The highest BCUT2D eigenvalue weighted by atomic mass is 16.6. The number of hydrogen-bond acceptors (Lipinski definition) is 12. The molecule has 0 rings (SSSR count). The van der Waals surface area contributed by atoms with E-state index in [0.717, 1.165) is 25.3 Å². The van der Waals surface area contributed by atoms with Gasteiger partial charge in [-0.3, -0.25) is 4.79 Å². The van der Waals surface area contributed by atoms with Gasteiger partial charge >= 0.3 is 11.9 Å². The molecule has 1 unspecified atom stereocenters. The van der Waals surface area contributed by atoms with Crippen LogP contribution in [0.4, 0.5) is 0 Å². The van der Waals surface area contributed by atoms with Crippen LogP contribution in [0.3, 0.4) is 0 Å². The van der Waals surface area contributed by atoms with E-state index in [-0.39, 0.29) is 30.5 Å². The zero-order chi connectivity index (χ0) is 29.7. The molecule has 0 radical (unpaired) electrons. The van der Waals surface area contributed by atoms with Crippen LogP contribution in [0.15, 0.2) is 17.6 Å². The van der Waals surface area contributed by atoms with Gasteiger partial charge in [-0.25, -0.2) is 14.6 Å². The van der Waals surface area contributed by atoms with Crippen molar-refractivity contribution in [2.45, 2.75) is 52.4 Å². The number of carbonyl (C=O) groups is 2. The van der Waals surface area contributed by atoms with Crippen LogP contribution in [0.25, 0.3) is 0 Å². The number of ether oxygens (including phenoxy) is 7. The zero-order valence-electron chi connectivity index (χ0n) is 24.1. The Kier molecular flexibility index (Phi) is 24.6. The summed E-state index contributed by atoms with van der Waals surface area (Å²) in [4.78, 5) is 36.8. The lowest BCUT2D eigenvalue weighted by molar-refractivity contribution is -0.145. The molecule has 0 aromatic carbocycles. The maximum Gasteiger partial charge on any atom is 0.330 e. The van der Waals surface area contributed by atoms with Gasteiger partial charge in [0.05, 0.1) is 59.4 Å². The van der Waals surface area contributed by atoms with Crippen molar-refractivity contribution in [2.75, 3.05) is 79.2 Å². The summed E-state index contributed by atoms with van der Waals surface area (Å²) < 4.78 is 36.7. The second kappa shape index (κ2) is 26.4. The van der Waals surface area contributed by atoms with Crippen LogP contribution in [-0.2, 0) is 47.5 Å². The summed E-state index contributed by atoms with van der Waals surface area (Å²) >= 11 is 0. The molecular weight excluding hydrogens is 524 g/mol. The van der Waals surface area contributed by atoms with Gasteiger partial charge in [-0.05, 0) is 31.6 Å². The molecule has 0 saturated heterocycles. The molecule has 0 amide bonds. The summed E-state index contributed by atoms with van der Waals surface area (Å²) in [6, 6.07) is 0. The normalized spacial score (nSPS) is 11.6. The Morgan fingerprint density at radius 1 is 0.850 bits per heavy atom. The van der Waals surface area contributed by atoms with E-state index in [1.165, 1.54) is 0 Å². The average molecular weight is 571 g/mol. The SMILES string of the molecule is C=CC(=O)OCCOCCOCC(C)(C)COCCOCCOC(=O)CCCCC(CCCOC#N)CN=C=O. The zero-order valence-corrected chi connectivity index (χ0v) is 24.1. The number of hydrogen-bond donors (Lipinski definition) is 0. The van der Waals surface area contributed by atoms with Gasteiger partial charge in [-0.15, -0.1) is 0 Å². The Balaban J connectivity index is 3.66. The quantitative estimate of drug-likeness (QED) is 0.0340. The molecule has 1 atom stereocenters. The van der Waals surface area contributed by atoms with Crippen molar-refractivity contribution in [2.24, 2.45) is 16.3 Å². The Morgan fingerprint density at radius 3 is 2.02 bits per heavy atom. The Labute approximate surface area is 237 Å². The Hall–Kier alpha value is -2.81. The monoisotopic (exact) mass is 570 g/mol. The van der Waals surface area contributed by atoms with E-state index in [1.54, 1.807) is 12.3 Å². The Bertz CT molecular complexity index is 763. The van der Waals surface area contributed by atoms with E-state index in [0.29, 0.717) is 85.3 Å². The first-order chi connectivity index (χ1) is 19.3. The lowest BCUT2D eigenvalue weighted by atomic mass is 9.96. The van der Waals surface area contributed by atoms with Crippen molar-refractivity contribution in [3.8, 4) is 6.26 Å². The van der Waals surface area contributed by atoms with Crippen LogP contribution < -0.4 is 0 Å². The van der Waals surface area contributed by atoms with Gasteiger partial charge in [0.2, 0.25) is 6.08 Å². The number of rotatable bonds is 28. The molecule has 0 fully saturated rings. The van der Waals surface area contributed by atoms with Gasteiger partial charge < -0.3 is 33.2 Å². The molecule has 0 spiro atoms. The number of nitrogens with zero attached hydrogens (tertiary/aromatic N) is 2. The average Bonchev–Trinajstić information content (AvgIpc) is 2.94. The van der Waals surface area contributed by atoms with Gasteiger partial charge in [0, 0.05) is 17.9 Å². The van der Waals surface area contributed by atoms with Crippen molar-refractivity contribution in [3.63, 3.8) is 0 Å². The van der Waals surface area contributed by atoms with Gasteiger partial charge in [0.25, 0.3) is 6.26 Å². The summed E-state index contributed by atoms with van der Waals surface area (Å²) in [6.07, 6.45) is 8.43. The Morgan fingerprint density at radius 2 is 1.43 bits per heavy atom. The van der Waals surface area contributed by atoms with Crippen LogP contribution in [0.1, 0.15) is 52.4 Å². The molecule has 0 heterocycles. The van der Waals surface area contributed by atoms with Gasteiger partial charge in [-0.2, -0.15) is 5.26 Å². The van der Waals surface area contributed by atoms with Crippen LogP contribution in [-0.4, -0.2) is 97.2 Å². The lowest BCUT2D eigenvalue weighted by Gasteiger charge is -2.24. The molecule has 12 heteroatoms.